The standard InChI is InChI=1S/C9H10O3/c1-7-3-4-8(12-6-10)9(5-7)11-2/h3-6H,1-2H3. The van der Waals surface area contributed by atoms with Gasteiger partial charge in [-0.05, 0) is 24.6 Å². The number of methoxy groups -OCH3 is 1. The van der Waals surface area contributed by atoms with Crippen LogP contribution < -0.4 is 9.47 Å². The van der Waals surface area contributed by atoms with Crippen molar-refractivity contribution in [1.29, 1.82) is 0 Å². The highest BCUT2D eigenvalue weighted by Gasteiger charge is 2.02. The van der Waals surface area contributed by atoms with Crippen molar-refractivity contribution in [1.82, 2.24) is 0 Å². The molecular weight excluding hydrogens is 156 g/mol. The van der Waals surface area contributed by atoms with Crippen LogP contribution in [0.25, 0.3) is 0 Å². The Hall–Kier alpha value is -1.51. The maximum Gasteiger partial charge on any atom is 0.298 e. The van der Waals surface area contributed by atoms with Crippen LogP contribution in [0.5, 0.6) is 11.5 Å². The minimum atomic E-state index is 0.382. The lowest BCUT2D eigenvalue weighted by molar-refractivity contribution is -0.120. The third kappa shape index (κ3) is 1.75. The largest absolute Gasteiger partial charge is 0.493 e. The van der Waals surface area contributed by atoms with Crippen molar-refractivity contribution in [2.45, 2.75) is 6.92 Å². The number of carbonyl (C=O) groups is 1. The molecule has 0 aliphatic carbocycles. The minimum absolute atomic E-state index is 0.382. The number of aryl methyl sites for hydroxylation is 1. The van der Waals surface area contributed by atoms with E-state index in [2.05, 4.69) is 4.74 Å². The average Bonchev–Trinajstić information content (AvgIpc) is 2.08. The van der Waals surface area contributed by atoms with E-state index in [1.54, 1.807) is 12.1 Å². The topological polar surface area (TPSA) is 35.5 Å². The van der Waals surface area contributed by atoms with Gasteiger partial charge in [-0.2, -0.15) is 0 Å². The molecule has 0 spiro atoms. The fourth-order valence-electron chi connectivity index (χ4n) is 0.924. The first-order chi connectivity index (χ1) is 5.77. The summed E-state index contributed by atoms with van der Waals surface area (Å²) in [6.45, 7) is 2.32. The highest BCUT2D eigenvalue weighted by molar-refractivity contribution is 5.51. The minimum Gasteiger partial charge on any atom is -0.493 e. The lowest BCUT2D eigenvalue weighted by Crippen LogP contribution is -1.93. The van der Waals surface area contributed by atoms with Gasteiger partial charge in [-0.15, -0.1) is 0 Å². The van der Waals surface area contributed by atoms with Crippen molar-refractivity contribution in [3.8, 4) is 11.5 Å². The highest BCUT2D eigenvalue weighted by Crippen LogP contribution is 2.26. The molecule has 1 rings (SSSR count). The first-order valence-electron chi connectivity index (χ1n) is 3.53. The summed E-state index contributed by atoms with van der Waals surface area (Å²) in [6.07, 6.45) is 0. The van der Waals surface area contributed by atoms with Gasteiger partial charge < -0.3 is 9.47 Å². The van der Waals surface area contributed by atoms with Crippen molar-refractivity contribution in [2.24, 2.45) is 0 Å². The molecular formula is C9H10O3. The molecule has 0 saturated carbocycles. The van der Waals surface area contributed by atoms with Crippen molar-refractivity contribution >= 4 is 6.47 Å². The number of benzene rings is 1. The van der Waals surface area contributed by atoms with Crippen molar-refractivity contribution < 1.29 is 14.3 Å². The fourth-order valence-corrected chi connectivity index (χ4v) is 0.924. The molecule has 1 aromatic carbocycles. The second kappa shape index (κ2) is 3.76. The van der Waals surface area contributed by atoms with Crippen molar-refractivity contribution in [3.05, 3.63) is 23.8 Å². The molecule has 0 aliphatic rings. The van der Waals surface area contributed by atoms with Crippen LogP contribution >= 0.6 is 0 Å². The van der Waals surface area contributed by atoms with Gasteiger partial charge in [-0.3, -0.25) is 4.79 Å². The van der Waals surface area contributed by atoms with Crippen LogP contribution in [0.1, 0.15) is 5.56 Å². The van der Waals surface area contributed by atoms with Crippen LogP contribution in [-0.2, 0) is 4.79 Å². The summed E-state index contributed by atoms with van der Waals surface area (Å²) < 4.78 is 9.67. The van der Waals surface area contributed by atoms with E-state index >= 15 is 0 Å². The Balaban J connectivity index is 3.01. The van der Waals surface area contributed by atoms with E-state index in [4.69, 9.17) is 4.74 Å². The number of ether oxygens (including phenoxy) is 2. The number of hydrogen-bond acceptors (Lipinski definition) is 3. The first kappa shape index (κ1) is 8.59. The van der Waals surface area contributed by atoms with Gasteiger partial charge in [-0.25, -0.2) is 0 Å². The Kier molecular flexibility index (Phi) is 2.69. The molecule has 0 fully saturated rings. The summed E-state index contributed by atoms with van der Waals surface area (Å²) in [5, 5.41) is 0. The van der Waals surface area contributed by atoms with E-state index in [1.807, 2.05) is 13.0 Å². The van der Waals surface area contributed by atoms with Crippen LogP contribution in [0.2, 0.25) is 0 Å². The molecule has 0 radical (unpaired) electrons. The lowest BCUT2D eigenvalue weighted by atomic mass is 10.2. The second-order valence-corrected chi connectivity index (χ2v) is 2.37. The average molecular weight is 166 g/mol. The number of rotatable bonds is 3. The molecule has 0 bridgehead atoms. The molecule has 0 heterocycles. The summed E-state index contributed by atoms with van der Waals surface area (Å²) in [7, 11) is 1.53. The Labute approximate surface area is 70.9 Å². The van der Waals surface area contributed by atoms with E-state index in [0.717, 1.165) is 5.56 Å². The summed E-state index contributed by atoms with van der Waals surface area (Å²) in [4.78, 5) is 10.0. The second-order valence-electron chi connectivity index (χ2n) is 2.37. The van der Waals surface area contributed by atoms with E-state index in [1.165, 1.54) is 7.11 Å². The molecule has 64 valence electrons. The molecule has 0 unspecified atom stereocenters. The Morgan fingerprint density at radius 2 is 2.08 bits per heavy atom. The highest BCUT2D eigenvalue weighted by atomic mass is 16.5. The predicted octanol–water partition coefficient (Wildman–Crippen LogP) is 1.54. The van der Waals surface area contributed by atoms with Crippen LogP contribution in [0, 0.1) is 6.92 Å². The SMILES string of the molecule is COc1cc(C)ccc1OC=O. The van der Waals surface area contributed by atoms with Gasteiger partial charge in [0, 0.05) is 0 Å². The van der Waals surface area contributed by atoms with Crippen LogP contribution in [0.15, 0.2) is 18.2 Å². The normalized spacial score (nSPS) is 9.17. The number of carbonyl (C=O) groups excluding carboxylic acids is 1. The maximum absolute atomic E-state index is 10.0. The lowest BCUT2D eigenvalue weighted by Gasteiger charge is -2.05. The van der Waals surface area contributed by atoms with E-state index in [-0.39, 0.29) is 0 Å². The summed E-state index contributed by atoms with van der Waals surface area (Å²) in [6, 6.07) is 5.35. The predicted molar refractivity (Wildman–Crippen MR) is 44.4 cm³/mol. The third-order valence-electron chi connectivity index (χ3n) is 1.49. The first-order valence-corrected chi connectivity index (χ1v) is 3.53. The maximum atomic E-state index is 10.0. The van der Waals surface area contributed by atoms with Gasteiger partial charge in [0.2, 0.25) is 0 Å². The summed E-state index contributed by atoms with van der Waals surface area (Å²) >= 11 is 0. The molecule has 3 heteroatoms. The zero-order valence-corrected chi connectivity index (χ0v) is 7.03. The summed E-state index contributed by atoms with van der Waals surface area (Å²) in [5.74, 6) is 1.01. The third-order valence-corrected chi connectivity index (χ3v) is 1.49. The van der Waals surface area contributed by atoms with E-state index in [0.29, 0.717) is 18.0 Å². The Morgan fingerprint density at radius 1 is 1.33 bits per heavy atom. The molecule has 0 aliphatic heterocycles. The van der Waals surface area contributed by atoms with Gasteiger partial charge in [0.15, 0.2) is 11.5 Å². The van der Waals surface area contributed by atoms with E-state index < -0.39 is 0 Å². The van der Waals surface area contributed by atoms with Crippen LogP contribution in [-0.4, -0.2) is 13.6 Å². The van der Waals surface area contributed by atoms with Gasteiger partial charge in [0.1, 0.15) is 0 Å². The molecule has 0 saturated heterocycles. The molecule has 1 aromatic rings. The monoisotopic (exact) mass is 166 g/mol. The smallest absolute Gasteiger partial charge is 0.298 e. The molecule has 0 aromatic heterocycles. The molecule has 0 N–H and O–H groups in total. The van der Waals surface area contributed by atoms with Gasteiger partial charge in [-0.1, -0.05) is 6.07 Å². The van der Waals surface area contributed by atoms with Crippen molar-refractivity contribution in [2.75, 3.05) is 7.11 Å². The number of hydrogen-bond donors (Lipinski definition) is 0. The van der Waals surface area contributed by atoms with Gasteiger partial charge in [0.05, 0.1) is 7.11 Å². The zero-order chi connectivity index (χ0) is 8.97. The Morgan fingerprint density at radius 3 is 2.67 bits per heavy atom. The fraction of sp³-hybridized carbons (Fsp3) is 0.222. The van der Waals surface area contributed by atoms with Crippen LogP contribution in [0.4, 0.5) is 0 Å². The molecule has 0 amide bonds. The van der Waals surface area contributed by atoms with E-state index in [9.17, 15) is 4.79 Å². The van der Waals surface area contributed by atoms with Gasteiger partial charge >= 0.3 is 0 Å². The zero-order valence-electron chi connectivity index (χ0n) is 7.03. The van der Waals surface area contributed by atoms with Crippen LogP contribution in [0.3, 0.4) is 0 Å². The molecule has 12 heavy (non-hydrogen) atoms. The quantitative estimate of drug-likeness (QED) is 0.639. The Bertz CT molecular complexity index is 281. The summed E-state index contributed by atoms with van der Waals surface area (Å²) in [5.41, 5.74) is 1.06. The molecule has 0 atom stereocenters. The molecule has 3 nitrogen and oxygen atoms in total. The van der Waals surface area contributed by atoms with Crippen molar-refractivity contribution in [3.63, 3.8) is 0 Å². The van der Waals surface area contributed by atoms with Gasteiger partial charge in [0.25, 0.3) is 6.47 Å².